The second kappa shape index (κ2) is 9.14. The van der Waals surface area contributed by atoms with Gasteiger partial charge in [0.1, 0.15) is 6.33 Å². The van der Waals surface area contributed by atoms with Crippen LogP contribution in [-0.4, -0.2) is 9.97 Å². The van der Waals surface area contributed by atoms with E-state index in [0.717, 1.165) is 5.56 Å². The Morgan fingerprint density at radius 2 is 0.950 bits per heavy atom. The van der Waals surface area contributed by atoms with E-state index in [4.69, 9.17) is 0 Å². The second-order valence-corrected chi connectivity index (χ2v) is 10.2. The Labute approximate surface area is 232 Å². The van der Waals surface area contributed by atoms with Crippen molar-refractivity contribution in [2.45, 2.75) is 0 Å². The largest absolute Gasteiger partial charge is 0.244 e. The Bertz CT molecular complexity index is 2200. The SMILES string of the molecule is c1ccc(-c2ccc3c(-c4cncnc4)c4ccccc4c(-c4cc5ccccc5c5ccccc45)c3c2)cc1. The van der Waals surface area contributed by atoms with E-state index in [1.807, 2.05) is 12.4 Å². The fraction of sp³-hybridized carbons (Fsp3) is 0. The molecule has 7 aromatic carbocycles. The van der Waals surface area contributed by atoms with E-state index in [0.29, 0.717) is 0 Å². The molecule has 0 bridgehead atoms. The van der Waals surface area contributed by atoms with Crippen molar-refractivity contribution in [3.8, 4) is 33.4 Å². The summed E-state index contributed by atoms with van der Waals surface area (Å²) in [7, 11) is 0. The Kier molecular flexibility index (Phi) is 5.17. The van der Waals surface area contributed by atoms with Crippen molar-refractivity contribution in [3.63, 3.8) is 0 Å². The number of hydrogen-bond acceptors (Lipinski definition) is 2. The highest BCUT2D eigenvalue weighted by Gasteiger charge is 2.19. The van der Waals surface area contributed by atoms with Gasteiger partial charge in [-0.3, -0.25) is 0 Å². The molecule has 8 aromatic rings. The molecular formula is C38H24N2. The maximum absolute atomic E-state index is 4.38. The summed E-state index contributed by atoms with van der Waals surface area (Å²) in [6.45, 7) is 0. The molecule has 1 aromatic heterocycles. The molecule has 0 atom stereocenters. The average molecular weight is 509 g/mol. The molecule has 1 heterocycles. The van der Waals surface area contributed by atoms with Gasteiger partial charge in [-0.2, -0.15) is 0 Å². The number of hydrogen-bond donors (Lipinski definition) is 0. The minimum atomic E-state index is 1.02. The minimum absolute atomic E-state index is 1.02. The average Bonchev–Trinajstić information content (AvgIpc) is 3.04. The van der Waals surface area contributed by atoms with Crippen molar-refractivity contribution in [3.05, 3.63) is 146 Å². The first-order chi connectivity index (χ1) is 19.9. The van der Waals surface area contributed by atoms with Crippen molar-refractivity contribution in [2.75, 3.05) is 0 Å². The molecule has 40 heavy (non-hydrogen) atoms. The highest BCUT2D eigenvalue weighted by molar-refractivity contribution is 6.26. The second-order valence-electron chi connectivity index (χ2n) is 10.2. The number of fused-ring (bicyclic) bond motifs is 5. The lowest BCUT2D eigenvalue weighted by molar-refractivity contribution is 1.17. The van der Waals surface area contributed by atoms with Gasteiger partial charge >= 0.3 is 0 Å². The lowest BCUT2D eigenvalue weighted by Crippen LogP contribution is -1.93. The van der Waals surface area contributed by atoms with Gasteiger partial charge in [-0.25, -0.2) is 9.97 Å². The molecule has 0 aliphatic rings. The van der Waals surface area contributed by atoms with Crippen LogP contribution in [0.25, 0.3) is 76.5 Å². The summed E-state index contributed by atoms with van der Waals surface area (Å²) in [5.74, 6) is 0. The molecule has 186 valence electrons. The number of nitrogens with zero attached hydrogens (tertiary/aromatic N) is 2. The molecule has 2 heteroatoms. The van der Waals surface area contributed by atoms with E-state index in [2.05, 4.69) is 137 Å². The smallest absolute Gasteiger partial charge is 0.115 e. The first-order valence-electron chi connectivity index (χ1n) is 13.6. The topological polar surface area (TPSA) is 25.8 Å². The Hall–Kier alpha value is -5.34. The molecule has 0 saturated heterocycles. The molecule has 2 nitrogen and oxygen atoms in total. The Morgan fingerprint density at radius 1 is 0.350 bits per heavy atom. The monoisotopic (exact) mass is 508 g/mol. The number of aromatic nitrogens is 2. The van der Waals surface area contributed by atoms with E-state index in [-0.39, 0.29) is 0 Å². The van der Waals surface area contributed by atoms with Crippen LogP contribution in [0, 0.1) is 0 Å². The zero-order valence-corrected chi connectivity index (χ0v) is 21.8. The molecule has 0 N–H and O–H groups in total. The van der Waals surface area contributed by atoms with E-state index in [9.17, 15) is 0 Å². The summed E-state index contributed by atoms with van der Waals surface area (Å²) in [6, 6.07) is 46.2. The third kappa shape index (κ3) is 3.50. The molecule has 0 spiro atoms. The van der Waals surface area contributed by atoms with Crippen molar-refractivity contribution in [2.24, 2.45) is 0 Å². The first-order valence-corrected chi connectivity index (χ1v) is 13.6. The Morgan fingerprint density at radius 3 is 1.73 bits per heavy atom. The zero-order chi connectivity index (χ0) is 26.5. The van der Waals surface area contributed by atoms with Gasteiger partial charge in [-0.15, -0.1) is 0 Å². The molecule has 0 amide bonds. The van der Waals surface area contributed by atoms with E-state index < -0.39 is 0 Å². The van der Waals surface area contributed by atoms with Crippen LogP contribution in [0.3, 0.4) is 0 Å². The van der Waals surface area contributed by atoms with E-state index in [1.165, 1.54) is 70.9 Å². The van der Waals surface area contributed by atoms with Crippen LogP contribution in [0.2, 0.25) is 0 Å². The van der Waals surface area contributed by atoms with Crippen molar-refractivity contribution < 1.29 is 0 Å². The van der Waals surface area contributed by atoms with Crippen LogP contribution in [0.5, 0.6) is 0 Å². The third-order valence-electron chi connectivity index (χ3n) is 8.02. The highest BCUT2D eigenvalue weighted by atomic mass is 14.8. The summed E-state index contributed by atoms with van der Waals surface area (Å²) in [5, 5.41) is 9.89. The van der Waals surface area contributed by atoms with Crippen LogP contribution in [0.15, 0.2) is 146 Å². The van der Waals surface area contributed by atoms with Crippen LogP contribution >= 0.6 is 0 Å². The molecule has 0 radical (unpaired) electrons. The number of rotatable bonds is 3. The maximum Gasteiger partial charge on any atom is 0.115 e. The number of benzene rings is 7. The third-order valence-corrected chi connectivity index (χ3v) is 8.02. The predicted molar refractivity (Wildman–Crippen MR) is 168 cm³/mol. The van der Waals surface area contributed by atoms with Crippen LogP contribution in [0.4, 0.5) is 0 Å². The zero-order valence-electron chi connectivity index (χ0n) is 21.8. The fourth-order valence-corrected chi connectivity index (χ4v) is 6.28. The first kappa shape index (κ1) is 22.6. The molecular weight excluding hydrogens is 484 g/mol. The van der Waals surface area contributed by atoms with Gasteiger partial charge in [0.05, 0.1) is 0 Å². The summed E-state index contributed by atoms with van der Waals surface area (Å²) in [6.07, 6.45) is 5.44. The lowest BCUT2D eigenvalue weighted by atomic mass is 9.83. The van der Waals surface area contributed by atoms with Crippen molar-refractivity contribution in [1.82, 2.24) is 9.97 Å². The van der Waals surface area contributed by atoms with E-state index >= 15 is 0 Å². The van der Waals surface area contributed by atoms with Gasteiger partial charge in [0, 0.05) is 23.5 Å². The molecule has 0 aliphatic heterocycles. The summed E-state index contributed by atoms with van der Waals surface area (Å²) in [4.78, 5) is 8.77. The van der Waals surface area contributed by atoms with Crippen LogP contribution in [-0.2, 0) is 0 Å². The minimum Gasteiger partial charge on any atom is -0.244 e. The van der Waals surface area contributed by atoms with Crippen molar-refractivity contribution in [1.29, 1.82) is 0 Å². The standard InChI is InChI=1S/C38H24N2/c1-2-10-25(11-3-1)26-18-19-34-36(20-26)38(33-17-9-8-16-32(33)37(34)28-22-39-24-40-23-28)35-21-27-12-4-5-13-29(27)30-14-6-7-15-31(30)35/h1-24H. The van der Waals surface area contributed by atoms with Crippen LogP contribution < -0.4 is 0 Å². The molecule has 0 saturated carbocycles. The van der Waals surface area contributed by atoms with Gasteiger partial charge in [-0.1, -0.05) is 115 Å². The fourth-order valence-electron chi connectivity index (χ4n) is 6.28. The predicted octanol–water partition coefficient (Wildman–Crippen LogP) is 10.1. The molecule has 0 fully saturated rings. The molecule has 0 aliphatic carbocycles. The van der Waals surface area contributed by atoms with Gasteiger partial charge in [0.25, 0.3) is 0 Å². The lowest BCUT2D eigenvalue weighted by Gasteiger charge is -2.20. The Balaban J connectivity index is 1.60. The summed E-state index contributed by atoms with van der Waals surface area (Å²) in [5.41, 5.74) is 7.09. The van der Waals surface area contributed by atoms with E-state index in [1.54, 1.807) is 6.33 Å². The normalized spacial score (nSPS) is 11.5. The summed E-state index contributed by atoms with van der Waals surface area (Å²) >= 11 is 0. The maximum atomic E-state index is 4.38. The van der Waals surface area contributed by atoms with Gasteiger partial charge < -0.3 is 0 Å². The van der Waals surface area contributed by atoms with Crippen LogP contribution in [0.1, 0.15) is 0 Å². The van der Waals surface area contributed by atoms with Gasteiger partial charge in [0.15, 0.2) is 0 Å². The van der Waals surface area contributed by atoms with Crippen molar-refractivity contribution >= 4 is 43.1 Å². The van der Waals surface area contributed by atoms with Gasteiger partial charge in [0.2, 0.25) is 0 Å². The van der Waals surface area contributed by atoms with Gasteiger partial charge in [-0.05, 0) is 77.5 Å². The quantitative estimate of drug-likeness (QED) is 0.175. The summed E-state index contributed by atoms with van der Waals surface area (Å²) < 4.78 is 0. The highest BCUT2D eigenvalue weighted by Crippen LogP contribution is 2.47. The molecule has 0 unspecified atom stereocenters. The molecule has 8 rings (SSSR count).